The van der Waals surface area contributed by atoms with Gasteiger partial charge in [0.05, 0.1) is 13.2 Å². The summed E-state index contributed by atoms with van der Waals surface area (Å²) in [5, 5.41) is 13.6. The molecule has 0 aliphatic rings. The van der Waals surface area contributed by atoms with E-state index in [-0.39, 0.29) is 0 Å². The summed E-state index contributed by atoms with van der Waals surface area (Å²) in [6.07, 6.45) is 0. The lowest BCUT2D eigenvalue weighted by molar-refractivity contribution is -0.742. The maximum absolute atomic E-state index is 8.36. The average Bonchev–Trinajstić information content (AvgIpc) is 1.97. The lowest BCUT2D eigenvalue weighted by Gasteiger charge is -1.99. The van der Waals surface area contributed by atoms with E-state index in [2.05, 4.69) is 0 Å². The van der Waals surface area contributed by atoms with Crippen molar-refractivity contribution in [1.82, 2.24) is 0 Å². The predicted octanol–water partition coefficient (Wildman–Crippen LogP) is 0.712. The molecule has 12 heavy (non-hydrogen) atoms. The van der Waals surface area contributed by atoms with E-state index < -0.39 is 5.09 Å². The van der Waals surface area contributed by atoms with Gasteiger partial charge in [-0.3, -0.25) is 0 Å². The predicted molar refractivity (Wildman–Crippen MR) is 41.8 cm³/mol. The van der Waals surface area contributed by atoms with Gasteiger partial charge in [0.15, 0.2) is 0 Å². The molecule has 74 valence electrons. The van der Waals surface area contributed by atoms with E-state index >= 15 is 0 Å². The van der Waals surface area contributed by atoms with Crippen molar-refractivity contribution in [1.29, 1.82) is 0 Å². The van der Waals surface area contributed by atoms with Crippen LogP contribution in [0.15, 0.2) is 0 Å². The highest BCUT2D eigenvalue weighted by Gasteiger charge is 1.81. The second-order valence-corrected chi connectivity index (χ2v) is 1.63. The molecule has 0 rings (SSSR count). The van der Waals surface area contributed by atoms with E-state index in [0.717, 1.165) is 26.4 Å². The molecule has 0 aliphatic carbocycles. The monoisotopic (exact) mass is 181 g/mol. The van der Waals surface area contributed by atoms with Crippen LogP contribution >= 0.6 is 0 Å². The van der Waals surface area contributed by atoms with Gasteiger partial charge in [-0.15, -0.1) is 10.1 Å². The molecule has 0 saturated heterocycles. The van der Waals surface area contributed by atoms with Crippen molar-refractivity contribution in [2.75, 3.05) is 26.4 Å². The lowest BCUT2D eigenvalue weighted by Crippen LogP contribution is -2.02. The second-order valence-electron chi connectivity index (χ2n) is 1.63. The lowest BCUT2D eigenvalue weighted by atomic mass is 10.7. The van der Waals surface area contributed by atoms with Crippen molar-refractivity contribution in [2.45, 2.75) is 13.8 Å². The van der Waals surface area contributed by atoms with E-state index in [1.807, 2.05) is 13.8 Å². The van der Waals surface area contributed by atoms with Gasteiger partial charge in [0, 0.05) is 13.2 Å². The Morgan fingerprint density at radius 1 is 1.25 bits per heavy atom. The molecule has 0 heterocycles. The van der Waals surface area contributed by atoms with Gasteiger partial charge in [-0.25, -0.2) is 0 Å². The van der Waals surface area contributed by atoms with E-state index in [0.29, 0.717) is 0 Å². The smallest absolute Gasteiger partial charge is 0.291 e. The number of hydrogen-bond acceptors (Lipinski definition) is 4. The van der Waals surface area contributed by atoms with Gasteiger partial charge >= 0.3 is 0 Å². The summed E-state index contributed by atoms with van der Waals surface area (Å²) in [4.78, 5) is 8.36. The molecule has 0 aliphatic heterocycles. The van der Waals surface area contributed by atoms with Gasteiger partial charge in [-0.1, -0.05) is 0 Å². The maximum Gasteiger partial charge on any atom is 0.291 e. The molecular formula is C6H15NO5. The van der Waals surface area contributed by atoms with Crippen molar-refractivity contribution >= 4 is 0 Å². The van der Waals surface area contributed by atoms with Crippen LogP contribution in [0, 0.1) is 10.1 Å². The maximum atomic E-state index is 8.36. The molecule has 6 nitrogen and oxygen atoms in total. The fourth-order valence-electron chi connectivity index (χ4n) is 0.407. The van der Waals surface area contributed by atoms with E-state index in [9.17, 15) is 0 Å². The minimum absolute atomic E-state index is 0.727. The minimum Gasteiger partial charge on any atom is -0.379 e. The van der Waals surface area contributed by atoms with Crippen molar-refractivity contribution in [3.63, 3.8) is 0 Å². The Morgan fingerprint density at radius 3 is 1.67 bits per heavy atom. The Morgan fingerprint density at radius 2 is 1.50 bits per heavy atom. The molecule has 0 aromatic rings. The molecule has 0 unspecified atom stereocenters. The fourth-order valence-corrected chi connectivity index (χ4v) is 0.407. The summed E-state index contributed by atoms with van der Waals surface area (Å²) in [5.74, 6) is 0. The first-order valence-electron chi connectivity index (χ1n) is 3.63. The highest BCUT2D eigenvalue weighted by molar-refractivity contribution is 4.24. The van der Waals surface area contributed by atoms with E-state index in [1.165, 1.54) is 0 Å². The molecule has 0 radical (unpaired) electrons. The molecule has 0 spiro atoms. The van der Waals surface area contributed by atoms with Crippen molar-refractivity contribution in [2.24, 2.45) is 0 Å². The SMILES string of the molecule is CCOCCOCC.O=[N+]([O-])O. The van der Waals surface area contributed by atoms with Crippen LogP contribution in [-0.2, 0) is 9.47 Å². The molecule has 1 N–H and O–H groups in total. The molecule has 0 bridgehead atoms. The summed E-state index contributed by atoms with van der Waals surface area (Å²) in [6.45, 7) is 6.98. The first-order chi connectivity index (χ1) is 5.65. The largest absolute Gasteiger partial charge is 0.379 e. The summed E-state index contributed by atoms with van der Waals surface area (Å²) in [6, 6.07) is 0. The summed E-state index contributed by atoms with van der Waals surface area (Å²) >= 11 is 0. The van der Waals surface area contributed by atoms with Gasteiger partial charge < -0.3 is 14.7 Å². The quantitative estimate of drug-likeness (QED) is 0.383. The Labute approximate surface area is 71.2 Å². The van der Waals surface area contributed by atoms with Gasteiger partial charge in [0.25, 0.3) is 5.09 Å². The van der Waals surface area contributed by atoms with Gasteiger partial charge in [-0.05, 0) is 13.8 Å². The Hall–Kier alpha value is -0.880. The van der Waals surface area contributed by atoms with Crippen LogP contribution < -0.4 is 0 Å². The number of nitrogens with zero attached hydrogens (tertiary/aromatic N) is 1. The third-order valence-electron chi connectivity index (χ3n) is 0.780. The highest BCUT2D eigenvalue weighted by Crippen LogP contribution is 1.75. The average molecular weight is 181 g/mol. The zero-order chi connectivity index (χ0) is 9.82. The Bertz CT molecular complexity index is 87.9. The molecule has 0 atom stereocenters. The summed E-state index contributed by atoms with van der Waals surface area (Å²) in [7, 11) is 0. The van der Waals surface area contributed by atoms with Crippen molar-refractivity contribution in [3.8, 4) is 0 Å². The van der Waals surface area contributed by atoms with Gasteiger partial charge in [0.1, 0.15) is 0 Å². The molecular weight excluding hydrogens is 166 g/mol. The number of rotatable bonds is 5. The van der Waals surface area contributed by atoms with Crippen LogP contribution in [0.2, 0.25) is 0 Å². The molecule has 0 aromatic heterocycles. The van der Waals surface area contributed by atoms with Crippen LogP contribution in [0.3, 0.4) is 0 Å². The zero-order valence-electron chi connectivity index (χ0n) is 7.36. The molecule has 0 aromatic carbocycles. The first kappa shape index (κ1) is 13.7. The summed E-state index contributed by atoms with van der Waals surface area (Å²) < 4.78 is 10.0. The molecule has 0 fully saturated rings. The number of ether oxygens (including phenoxy) is 2. The van der Waals surface area contributed by atoms with Gasteiger partial charge in [-0.2, -0.15) is 0 Å². The fraction of sp³-hybridized carbons (Fsp3) is 1.00. The van der Waals surface area contributed by atoms with Crippen molar-refractivity contribution in [3.05, 3.63) is 10.1 Å². The van der Waals surface area contributed by atoms with Crippen LogP contribution in [0.4, 0.5) is 0 Å². The standard InChI is InChI=1S/C6H14O2.HNO3/c1-3-7-5-6-8-4-2;2-1(3)4/h3-6H2,1-2H3;(H,2,3,4). The number of hydrogen-bond donors (Lipinski definition) is 1. The van der Waals surface area contributed by atoms with Gasteiger partial charge in [0.2, 0.25) is 0 Å². The minimum atomic E-state index is -1.50. The van der Waals surface area contributed by atoms with Crippen LogP contribution in [0.1, 0.15) is 13.8 Å². The molecule has 6 heteroatoms. The van der Waals surface area contributed by atoms with E-state index in [1.54, 1.807) is 0 Å². The van der Waals surface area contributed by atoms with Crippen molar-refractivity contribution < 1.29 is 19.8 Å². The molecule has 0 amide bonds. The highest BCUT2D eigenvalue weighted by atomic mass is 16.9. The Balaban J connectivity index is 0. The van der Waals surface area contributed by atoms with Crippen LogP contribution in [0.5, 0.6) is 0 Å². The topological polar surface area (TPSA) is 81.8 Å². The normalized spacial score (nSPS) is 8.50. The van der Waals surface area contributed by atoms with Crippen LogP contribution in [0.25, 0.3) is 0 Å². The Kier molecular flexibility index (Phi) is 14.6. The second kappa shape index (κ2) is 12.8. The van der Waals surface area contributed by atoms with E-state index in [4.69, 9.17) is 24.8 Å². The van der Waals surface area contributed by atoms with Crippen LogP contribution in [-0.4, -0.2) is 36.7 Å². The third-order valence-corrected chi connectivity index (χ3v) is 0.780. The third kappa shape index (κ3) is 35.4. The molecule has 0 saturated carbocycles. The zero-order valence-corrected chi connectivity index (χ0v) is 7.36. The summed E-state index contributed by atoms with van der Waals surface area (Å²) in [5.41, 5.74) is 0. The first-order valence-corrected chi connectivity index (χ1v) is 3.63.